The van der Waals surface area contributed by atoms with Crippen molar-refractivity contribution in [1.82, 2.24) is 10.3 Å². The van der Waals surface area contributed by atoms with Gasteiger partial charge in [0, 0.05) is 17.8 Å². The van der Waals surface area contributed by atoms with Gasteiger partial charge in [-0.3, -0.25) is 4.79 Å². The predicted octanol–water partition coefficient (Wildman–Crippen LogP) is 2.10. The molecule has 0 saturated carbocycles. The molecule has 0 aliphatic carbocycles. The minimum atomic E-state index is -0.0878. The van der Waals surface area contributed by atoms with Crippen LogP contribution in [0.25, 0.3) is 0 Å². The van der Waals surface area contributed by atoms with E-state index in [1.807, 2.05) is 6.92 Å². The molecule has 0 spiro atoms. The maximum absolute atomic E-state index is 12.1. The summed E-state index contributed by atoms with van der Waals surface area (Å²) in [4.78, 5) is 16.4. The van der Waals surface area contributed by atoms with Crippen LogP contribution in [0.4, 0.5) is 5.82 Å². The molecule has 0 radical (unpaired) electrons. The van der Waals surface area contributed by atoms with Crippen LogP contribution in [0.15, 0.2) is 12.1 Å². The van der Waals surface area contributed by atoms with E-state index >= 15 is 0 Å². The third-order valence-corrected chi connectivity index (χ3v) is 3.34. The first kappa shape index (κ1) is 15.4. The summed E-state index contributed by atoms with van der Waals surface area (Å²) in [7, 11) is 0. The van der Waals surface area contributed by atoms with Crippen LogP contribution < -0.4 is 16.6 Å². The van der Waals surface area contributed by atoms with Crippen LogP contribution >= 0.6 is 0 Å². The standard InChI is InChI=1S/C14H24N4O/c1-5-11-7-10(8-12(17-11)18-15)13(19)16-9-14(3,4)6-2/h7-8H,5-6,9,15H2,1-4H3,(H,16,19)(H,17,18). The SMILES string of the molecule is CCc1cc(C(=O)NCC(C)(C)CC)cc(NN)n1. The number of nitrogens with one attached hydrogen (secondary N) is 2. The number of carbonyl (C=O) groups is 1. The van der Waals surface area contributed by atoms with E-state index in [4.69, 9.17) is 5.84 Å². The van der Waals surface area contributed by atoms with Crippen LogP contribution in [0.1, 0.15) is 50.2 Å². The van der Waals surface area contributed by atoms with Crippen molar-refractivity contribution in [2.24, 2.45) is 11.3 Å². The van der Waals surface area contributed by atoms with Gasteiger partial charge >= 0.3 is 0 Å². The van der Waals surface area contributed by atoms with E-state index < -0.39 is 0 Å². The van der Waals surface area contributed by atoms with Gasteiger partial charge in [-0.15, -0.1) is 0 Å². The molecule has 0 aromatic carbocycles. The zero-order valence-electron chi connectivity index (χ0n) is 12.2. The molecule has 0 saturated heterocycles. The average Bonchev–Trinajstić information content (AvgIpc) is 2.44. The van der Waals surface area contributed by atoms with E-state index in [0.29, 0.717) is 17.9 Å². The van der Waals surface area contributed by atoms with E-state index in [1.165, 1.54) is 0 Å². The summed E-state index contributed by atoms with van der Waals surface area (Å²) < 4.78 is 0. The van der Waals surface area contributed by atoms with Crippen molar-refractivity contribution in [1.29, 1.82) is 0 Å². The highest BCUT2D eigenvalue weighted by Gasteiger charge is 2.17. The van der Waals surface area contributed by atoms with Crippen molar-refractivity contribution >= 4 is 11.7 Å². The molecule has 19 heavy (non-hydrogen) atoms. The smallest absolute Gasteiger partial charge is 0.251 e. The lowest BCUT2D eigenvalue weighted by Crippen LogP contribution is -2.33. The second kappa shape index (κ2) is 6.52. The van der Waals surface area contributed by atoms with Gasteiger partial charge in [0.05, 0.1) is 0 Å². The maximum atomic E-state index is 12.1. The molecule has 0 aliphatic rings. The second-order valence-corrected chi connectivity index (χ2v) is 5.43. The number of carbonyl (C=O) groups excluding carboxylic acids is 1. The molecular formula is C14H24N4O. The lowest BCUT2D eigenvalue weighted by atomic mass is 9.90. The number of rotatable bonds is 6. The zero-order chi connectivity index (χ0) is 14.5. The Morgan fingerprint density at radius 3 is 2.58 bits per heavy atom. The summed E-state index contributed by atoms with van der Waals surface area (Å²) in [5.74, 6) is 5.79. The van der Waals surface area contributed by atoms with Gasteiger partial charge in [0.15, 0.2) is 0 Å². The molecule has 1 rings (SSSR count). The first-order valence-corrected chi connectivity index (χ1v) is 6.67. The summed E-state index contributed by atoms with van der Waals surface area (Å²) in [6, 6.07) is 3.46. The summed E-state index contributed by atoms with van der Waals surface area (Å²) in [5.41, 5.74) is 4.02. The number of hydrogen-bond donors (Lipinski definition) is 3. The van der Waals surface area contributed by atoms with Gasteiger partial charge in [0.2, 0.25) is 0 Å². The molecule has 0 bridgehead atoms. The fourth-order valence-electron chi connectivity index (χ4n) is 1.52. The monoisotopic (exact) mass is 264 g/mol. The Morgan fingerprint density at radius 1 is 1.37 bits per heavy atom. The Morgan fingerprint density at radius 2 is 2.05 bits per heavy atom. The molecule has 1 amide bonds. The van der Waals surface area contributed by atoms with Gasteiger partial charge in [-0.25, -0.2) is 10.8 Å². The highest BCUT2D eigenvalue weighted by molar-refractivity contribution is 5.95. The van der Waals surface area contributed by atoms with Gasteiger partial charge in [0.1, 0.15) is 5.82 Å². The molecule has 5 heteroatoms. The lowest BCUT2D eigenvalue weighted by molar-refractivity contribution is 0.0935. The number of nitrogen functional groups attached to an aromatic ring is 1. The first-order valence-electron chi connectivity index (χ1n) is 6.67. The molecule has 0 aliphatic heterocycles. The molecular weight excluding hydrogens is 240 g/mol. The van der Waals surface area contributed by atoms with Gasteiger partial charge in [-0.1, -0.05) is 27.7 Å². The van der Waals surface area contributed by atoms with Crippen LogP contribution in [-0.2, 0) is 6.42 Å². The minimum absolute atomic E-state index is 0.0878. The summed E-state index contributed by atoms with van der Waals surface area (Å²) in [6.07, 6.45) is 1.77. The number of hydrogen-bond acceptors (Lipinski definition) is 4. The fraction of sp³-hybridized carbons (Fsp3) is 0.571. The van der Waals surface area contributed by atoms with Crippen LogP contribution in [-0.4, -0.2) is 17.4 Å². The van der Waals surface area contributed by atoms with Crippen molar-refractivity contribution < 1.29 is 4.79 Å². The number of nitrogens with two attached hydrogens (primary N) is 1. The number of aromatic nitrogens is 1. The third kappa shape index (κ3) is 4.52. The van der Waals surface area contributed by atoms with Crippen molar-refractivity contribution in [3.63, 3.8) is 0 Å². The Kier molecular flexibility index (Phi) is 5.30. The van der Waals surface area contributed by atoms with Crippen molar-refractivity contribution in [3.05, 3.63) is 23.4 Å². The molecule has 106 valence electrons. The third-order valence-electron chi connectivity index (χ3n) is 3.34. The van der Waals surface area contributed by atoms with Crippen molar-refractivity contribution in [2.75, 3.05) is 12.0 Å². The molecule has 0 unspecified atom stereocenters. The van der Waals surface area contributed by atoms with E-state index in [-0.39, 0.29) is 11.3 Å². The Balaban J connectivity index is 2.81. The van der Waals surface area contributed by atoms with E-state index in [2.05, 4.69) is 36.5 Å². The van der Waals surface area contributed by atoms with E-state index in [9.17, 15) is 4.79 Å². The number of nitrogens with zero attached hydrogens (tertiary/aromatic N) is 1. The van der Waals surface area contributed by atoms with Gasteiger partial charge in [0.25, 0.3) is 5.91 Å². The van der Waals surface area contributed by atoms with Crippen LogP contribution in [0.3, 0.4) is 0 Å². The molecule has 1 aromatic heterocycles. The highest BCUT2D eigenvalue weighted by Crippen LogP contribution is 2.18. The molecule has 0 fully saturated rings. The van der Waals surface area contributed by atoms with Crippen LogP contribution in [0, 0.1) is 5.41 Å². The van der Waals surface area contributed by atoms with Gasteiger partial charge in [-0.2, -0.15) is 0 Å². The largest absolute Gasteiger partial charge is 0.351 e. The Bertz CT molecular complexity index is 421. The quantitative estimate of drug-likeness (QED) is 0.543. The lowest BCUT2D eigenvalue weighted by Gasteiger charge is -2.22. The molecule has 5 nitrogen and oxygen atoms in total. The Labute approximate surface area is 115 Å². The maximum Gasteiger partial charge on any atom is 0.251 e. The van der Waals surface area contributed by atoms with Gasteiger partial charge < -0.3 is 10.7 Å². The predicted molar refractivity (Wildman–Crippen MR) is 77.8 cm³/mol. The van der Waals surface area contributed by atoms with E-state index in [1.54, 1.807) is 12.1 Å². The number of aryl methyl sites for hydroxylation is 1. The number of hydrazine groups is 1. The summed E-state index contributed by atoms with van der Waals surface area (Å²) >= 11 is 0. The second-order valence-electron chi connectivity index (χ2n) is 5.43. The first-order chi connectivity index (χ1) is 8.91. The number of anilines is 1. The summed E-state index contributed by atoms with van der Waals surface area (Å²) in [6.45, 7) is 9.01. The molecule has 1 aromatic rings. The van der Waals surface area contributed by atoms with Crippen LogP contribution in [0.5, 0.6) is 0 Å². The number of amides is 1. The Hall–Kier alpha value is -1.62. The number of pyridine rings is 1. The minimum Gasteiger partial charge on any atom is -0.351 e. The summed E-state index contributed by atoms with van der Waals surface area (Å²) in [5, 5.41) is 2.96. The topological polar surface area (TPSA) is 80.0 Å². The van der Waals surface area contributed by atoms with Crippen LogP contribution in [0.2, 0.25) is 0 Å². The highest BCUT2D eigenvalue weighted by atomic mass is 16.1. The fourth-order valence-corrected chi connectivity index (χ4v) is 1.52. The normalized spacial score (nSPS) is 11.2. The average molecular weight is 264 g/mol. The molecule has 1 heterocycles. The molecule has 0 atom stereocenters. The van der Waals surface area contributed by atoms with Crippen molar-refractivity contribution in [2.45, 2.75) is 40.5 Å². The zero-order valence-corrected chi connectivity index (χ0v) is 12.2. The van der Waals surface area contributed by atoms with Gasteiger partial charge in [-0.05, 0) is 30.4 Å². The van der Waals surface area contributed by atoms with Crippen molar-refractivity contribution in [3.8, 4) is 0 Å². The molecule has 4 N–H and O–H groups in total. The van der Waals surface area contributed by atoms with E-state index in [0.717, 1.165) is 18.5 Å².